The smallest absolute Gasteiger partial charge is 0.133 e. The van der Waals surface area contributed by atoms with Gasteiger partial charge < -0.3 is 5.32 Å². The van der Waals surface area contributed by atoms with E-state index in [0.29, 0.717) is 0 Å². The molecule has 0 saturated carbocycles. The van der Waals surface area contributed by atoms with Gasteiger partial charge in [-0.3, -0.25) is 0 Å². The summed E-state index contributed by atoms with van der Waals surface area (Å²) >= 11 is 0. The summed E-state index contributed by atoms with van der Waals surface area (Å²) in [6.45, 7) is 3.12. The summed E-state index contributed by atoms with van der Waals surface area (Å²) in [5.74, 6) is 1.16. The van der Waals surface area contributed by atoms with Crippen molar-refractivity contribution >= 4 is 5.82 Å². The maximum atomic E-state index is 4.96. The second-order valence-corrected chi connectivity index (χ2v) is 6.17. The van der Waals surface area contributed by atoms with Gasteiger partial charge in [0.1, 0.15) is 5.82 Å². The standard InChI is InChI=1S/C20H21N3/c1-15-10-12-17(13-11-15)23-20-18(9-5-6-14-21-20)19(22-23)16-7-3-2-4-8-16/h2-4,7-8,10-13,21H,5-6,9,14H2,1H3. The first kappa shape index (κ1) is 14.1. The van der Waals surface area contributed by atoms with Crippen molar-refractivity contribution in [2.45, 2.75) is 26.2 Å². The number of aryl methyl sites for hydroxylation is 1. The van der Waals surface area contributed by atoms with Crippen molar-refractivity contribution < 1.29 is 0 Å². The van der Waals surface area contributed by atoms with Crippen LogP contribution in [0.25, 0.3) is 16.9 Å². The van der Waals surface area contributed by atoms with Gasteiger partial charge in [-0.2, -0.15) is 5.10 Å². The Morgan fingerprint density at radius 1 is 0.957 bits per heavy atom. The van der Waals surface area contributed by atoms with Gasteiger partial charge in [-0.25, -0.2) is 4.68 Å². The van der Waals surface area contributed by atoms with Gasteiger partial charge in [0.05, 0.1) is 11.4 Å². The topological polar surface area (TPSA) is 29.9 Å². The van der Waals surface area contributed by atoms with Gasteiger partial charge in [0.15, 0.2) is 0 Å². The van der Waals surface area contributed by atoms with E-state index in [0.717, 1.165) is 30.2 Å². The van der Waals surface area contributed by atoms with Gasteiger partial charge in [-0.05, 0) is 38.3 Å². The lowest BCUT2D eigenvalue weighted by atomic mass is 10.0. The maximum absolute atomic E-state index is 4.96. The van der Waals surface area contributed by atoms with E-state index in [1.165, 1.54) is 29.5 Å². The molecule has 0 fully saturated rings. The van der Waals surface area contributed by atoms with Crippen molar-refractivity contribution in [3.8, 4) is 16.9 Å². The second-order valence-electron chi connectivity index (χ2n) is 6.17. The fraction of sp³-hybridized carbons (Fsp3) is 0.250. The van der Waals surface area contributed by atoms with Gasteiger partial charge in [0.2, 0.25) is 0 Å². The summed E-state index contributed by atoms with van der Waals surface area (Å²) in [5.41, 5.74) is 6.02. The van der Waals surface area contributed by atoms with Crippen molar-refractivity contribution in [3.05, 3.63) is 65.7 Å². The van der Waals surface area contributed by atoms with Crippen LogP contribution < -0.4 is 5.32 Å². The zero-order chi connectivity index (χ0) is 15.6. The molecule has 0 bridgehead atoms. The summed E-state index contributed by atoms with van der Waals surface area (Å²) in [5, 5.41) is 8.56. The number of nitrogens with one attached hydrogen (secondary N) is 1. The van der Waals surface area contributed by atoms with Crippen LogP contribution in [0.3, 0.4) is 0 Å². The van der Waals surface area contributed by atoms with E-state index in [2.05, 4.69) is 71.5 Å². The number of aromatic nitrogens is 2. The zero-order valence-corrected chi connectivity index (χ0v) is 13.4. The molecule has 1 aromatic heterocycles. The summed E-state index contributed by atoms with van der Waals surface area (Å²) in [7, 11) is 0. The minimum Gasteiger partial charge on any atom is -0.370 e. The van der Waals surface area contributed by atoms with Crippen LogP contribution in [0, 0.1) is 6.92 Å². The predicted molar refractivity (Wildman–Crippen MR) is 95.2 cm³/mol. The Kier molecular flexibility index (Phi) is 3.62. The molecule has 0 aliphatic carbocycles. The fourth-order valence-corrected chi connectivity index (χ4v) is 3.20. The van der Waals surface area contributed by atoms with E-state index in [9.17, 15) is 0 Å². The number of hydrogen-bond acceptors (Lipinski definition) is 2. The van der Waals surface area contributed by atoms with E-state index < -0.39 is 0 Å². The first-order valence-electron chi connectivity index (χ1n) is 8.31. The Hall–Kier alpha value is -2.55. The third-order valence-electron chi connectivity index (χ3n) is 4.46. The Balaban J connectivity index is 1.89. The van der Waals surface area contributed by atoms with Gasteiger partial charge in [0, 0.05) is 17.7 Å². The molecule has 0 saturated heterocycles. The summed E-state index contributed by atoms with van der Waals surface area (Å²) in [6.07, 6.45) is 3.49. The minimum absolute atomic E-state index is 1.01. The van der Waals surface area contributed by atoms with Crippen molar-refractivity contribution in [3.63, 3.8) is 0 Å². The average molecular weight is 303 g/mol. The van der Waals surface area contributed by atoms with Crippen LogP contribution in [-0.2, 0) is 6.42 Å². The van der Waals surface area contributed by atoms with E-state index in [-0.39, 0.29) is 0 Å². The summed E-state index contributed by atoms with van der Waals surface area (Å²) in [6, 6.07) is 19.1. The predicted octanol–water partition coefficient (Wildman–Crippen LogP) is 4.60. The van der Waals surface area contributed by atoms with Gasteiger partial charge in [-0.15, -0.1) is 0 Å². The average Bonchev–Trinajstić information content (AvgIpc) is 2.78. The van der Waals surface area contributed by atoms with Crippen LogP contribution in [0.4, 0.5) is 5.82 Å². The Labute approximate surface area is 137 Å². The molecule has 0 unspecified atom stereocenters. The third kappa shape index (κ3) is 2.63. The van der Waals surface area contributed by atoms with Crippen molar-refractivity contribution in [1.29, 1.82) is 0 Å². The van der Waals surface area contributed by atoms with E-state index >= 15 is 0 Å². The molecule has 3 heteroatoms. The largest absolute Gasteiger partial charge is 0.370 e. The van der Waals surface area contributed by atoms with E-state index in [4.69, 9.17) is 5.10 Å². The van der Waals surface area contributed by atoms with Gasteiger partial charge >= 0.3 is 0 Å². The summed E-state index contributed by atoms with van der Waals surface area (Å²) < 4.78 is 2.07. The maximum Gasteiger partial charge on any atom is 0.133 e. The molecule has 2 heterocycles. The van der Waals surface area contributed by atoms with Crippen molar-refractivity contribution in [2.24, 2.45) is 0 Å². The lowest BCUT2D eigenvalue weighted by Crippen LogP contribution is -2.07. The quantitative estimate of drug-likeness (QED) is 0.750. The zero-order valence-electron chi connectivity index (χ0n) is 13.4. The Morgan fingerprint density at radius 3 is 2.52 bits per heavy atom. The third-order valence-corrected chi connectivity index (χ3v) is 4.46. The lowest BCUT2D eigenvalue weighted by Gasteiger charge is -2.09. The van der Waals surface area contributed by atoms with E-state index in [1.807, 2.05) is 0 Å². The molecule has 23 heavy (non-hydrogen) atoms. The highest BCUT2D eigenvalue weighted by molar-refractivity contribution is 5.71. The van der Waals surface area contributed by atoms with Crippen molar-refractivity contribution in [2.75, 3.05) is 11.9 Å². The number of fused-ring (bicyclic) bond motifs is 1. The Morgan fingerprint density at radius 2 is 1.74 bits per heavy atom. The molecule has 1 aliphatic heterocycles. The molecule has 1 N–H and O–H groups in total. The molecular formula is C20H21N3. The van der Waals surface area contributed by atoms with Gasteiger partial charge in [-0.1, -0.05) is 48.0 Å². The molecule has 0 radical (unpaired) electrons. The van der Waals surface area contributed by atoms with E-state index in [1.54, 1.807) is 0 Å². The number of anilines is 1. The van der Waals surface area contributed by atoms with Crippen LogP contribution in [-0.4, -0.2) is 16.3 Å². The lowest BCUT2D eigenvalue weighted by molar-refractivity contribution is 0.780. The first-order valence-corrected chi connectivity index (χ1v) is 8.31. The van der Waals surface area contributed by atoms with Gasteiger partial charge in [0.25, 0.3) is 0 Å². The number of nitrogens with zero attached hydrogens (tertiary/aromatic N) is 2. The van der Waals surface area contributed by atoms with Crippen LogP contribution in [0.15, 0.2) is 54.6 Å². The minimum atomic E-state index is 1.01. The molecule has 4 rings (SSSR count). The molecule has 3 aromatic rings. The molecular weight excluding hydrogens is 282 g/mol. The SMILES string of the molecule is Cc1ccc(-n2nc(-c3ccccc3)c3c2NCCCC3)cc1. The monoisotopic (exact) mass is 303 g/mol. The highest BCUT2D eigenvalue weighted by Crippen LogP contribution is 2.33. The van der Waals surface area contributed by atoms with Crippen LogP contribution in [0.2, 0.25) is 0 Å². The molecule has 3 nitrogen and oxygen atoms in total. The number of hydrogen-bond donors (Lipinski definition) is 1. The van der Waals surface area contributed by atoms with Crippen LogP contribution >= 0.6 is 0 Å². The first-order chi connectivity index (χ1) is 11.3. The Bertz CT molecular complexity index is 801. The van der Waals surface area contributed by atoms with Crippen LogP contribution in [0.5, 0.6) is 0 Å². The highest BCUT2D eigenvalue weighted by Gasteiger charge is 2.21. The van der Waals surface area contributed by atoms with Crippen LogP contribution in [0.1, 0.15) is 24.0 Å². The molecule has 0 amide bonds. The molecule has 0 atom stereocenters. The molecule has 1 aliphatic rings. The summed E-state index contributed by atoms with van der Waals surface area (Å²) in [4.78, 5) is 0. The van der Waals surface area contributed by atoms with Crippen molar-refractivity contribution in [1.82, 2.24) is 9.78 Å². The fourth-order valence-electron chi connectivity index (χ4n) is 3.20. The molecule has 0 spiro atoms. The molecule has 2 aromatic carbocycles. The second kappa shape index (κ2) is 5.92. The molecule has 116 valence electrons. The normalized spacial score (nSPS) is 14.0. The number of benzene rings is 2. The number of rotatable bonds is 2. The highest BCUT2D eigenvalue weighted by atomic mass is 15.3.